The summed E-state index contributed by atoms with van der Waals surface area (Å²) in [5.74, 6) is -0.283. The minimum Gasteiger partial charge on any atom is -0.469 e. The van der Waals surface area contributed by atoms with Crippen LogP contribution in [0.25, 0.3) is 0 Å². The maximum Gasteiger partial charge on any atom is 0.306 e. The Hall–Kier alpha value is -1.88. The molecule has 1 rings (SSSR count). The molecule has 0 N–H and O–H groups in total. The molecule has 0 fully saturated rings. The summed E-state index contributed by atoms with van der Waals surface area (Å²) < 4.78 is 4.56. The van der Waals surface area contributed by atoms with E-state index in [1.54, 1.807) is 23.9 Å². The number of nitrogens with zero attached hydrogens (tertiary/aromatic N) is 2. The standard InChI is InChI=1S/C14H20N2O3/c1-15(10-9-14(18)19-3)11-13(17)16(2)12-7-5-4-6-8-12/h4-8H,9-11H2,1-3H3. The lowest BCUT2D eigenvalue weighted by molar-refractivity contribution is -0.141. The zero-order chi connectivity index (χ0) is 14.3. The molecule has 1 amide bonds. The third-order valence-electron chi connectivity index (χ3n) is 2.85. The third kappa shape index (κ3) is 5.09. The fourth-order valence-electron chi connectivity index (χ4n) is 1.60. The van der Waals surface area contributed by atoms with Gasteiger partial charge in [-0.15, -0.1) is 0 Å². The van der Waals surface area contributed by atoms with Crippen molar-refractivity contribution in [3.05, 3.63) is 30.3 Å². The molecule has 0 aromatic heterocycles. The van der Waals surface area contributed by atoms with E-state index in [4.69, 9.17) is 0 Å². The van der Waals surface area contributed by atoms with Crippen LogP contribution >= 0.6 is 0 Å². The normalized spacial score (nSPS) is 10.3. The molecule has 5 nitrogen and oxygen atoms in total. The molecule has 19 heavy (non-hydrogen) atoms. The monoisotopic (exact) mass is 264 g/mol. The van der Waals surface area contributed by atoms with Crippen molar-refractivity contribution in [1.29, 1.82) is 0 Å². The Balaban J connectivity index is 2.44. The third-order valence-corrected chi connectivity index (χ3v) is 2.85. The maximum absolute atomic E-state index is 12.0. The average molecular weight is 264 g/mol. The second kappa shape index (κ2) is 7.53. The van der Waals surface area contributed by atoms with Crippen molar-refractivity contribution < 1.29 is 14.3 Å². The topological polar surface area (TPSA) is 49.9 Å². The SMILES string of the molecule is COC(=O)CCN(C)CC(=O)N(C)c1ccccc1. The van der Waals surface area contributed by atoms with Gasteiger partial charge in [-0.25, -0.2) is 0 Å². The summed E-state index contributed by atoms with van der Waals surface area (Å²) in [7, 11) is 4.90. The first-order chi connectivity index (χ1) is 9.04. The highest BCUT2D eigenvalue weighted by molar-refractivity contribution is 5.94. The summed E-state index contributed by atoms with van der Waals surface area (Å²) in [6.45, 7) is 0.767. The van der Waals surface area contributed by atoms with E-state index in [-0.39, 0.29) is 24.8 Å². The number of anilines is 1. The Morgan fingerprint density at radius 3 is 2.37 bits per heavy atom. The molecule has 0 bridgehead atoms. The number of rotatable bonds is 6. The van der Waals surface area contributed by atoms with Gasteiger partial charge < -0.3 is 9.64 Å². The predicted molar refractivity (Wildman–Crippen MR) is 74.0 cm³/mol. The van der Waals surface area contributed by atoms with Crippen molar-refractivity contribution in [2.24, 2.45) is 0 Å². The van der Waals surface area contributed by atoms with Crippen molar-refractivity contribution in [3.8, 4) is 0 Å². The summed E-state index contributed by atoms with van der Waals surface area (Å²) in [5.41, 5.74) is 0.855. The Kier molecular flexibility index (Phi) is 6.02. The second-order valence-electron chi connectivity index (χ2n) is 4.35. The number of methoxy groups -OCH3 is 1. The molecule has 0 saturated heterocycles. The van der Waals surface area contributed by atoms with Gasteiger partial charge in [-0.05, 0) is 19.2 Å². The summed E-state index contributed by atoms with van der Waals surface area (Å²) >= 11 is 0. The first kappa shape index (κ1) is 15.2. The van der Waals surface area contributed by atoms with Gasteiger partial charge in [0.05, 0.1) is 20.1 Å². The van der Waals surface area contributed by atoms with Crippen LogP contribution in [0.5, 0.6) is 0 Å². The van der Waals surface area contributed by atoms with Crippen LogP contribution in [0.3, 0.4) is 0 Å². The number of amides is 1. The Morgan fingerprint density at radius 1 is 1.16 bits per heavy atom. The van der Waals surface area contributed by atoms with Gasteiger partial charge >= 0.3 is 5.97 Å². The van der Waals surface area contributed by atoms with Crippen LogP contribution in [0.1, 0.15) is 6.42 Å². The minimum atomic E-state index is -0.268. The number of carbonyl (C=O) groups is 2. The fourth-order valence-corrected chi connectivity index (χ4v) is 1.60. The molecule has 104 valence electrons. The van der Waals surface area contributed by atoms with E-state index in [0.29, 0.717) is 6.54 Å². The smallest absolute Gasteiger partial charge is 0.306 e. The molecule has 0 unspecified atom stereocenters. The Bertz CT molecular complexity index is 420. The lowest BCUT2D eigenvalue weighted by Crippen LogP contribution is -2.37. The zero-order valence-corrected chi connectivity index (χ0v) is 11.6. The van der Waals surface area contributed by atoms with E-state index < -0.39 is 0 Å². The fraction of sp³-hybridized carbons (Fsp3) is 0.429. The van der Waals surface area contributed by atoms with Crippen LogP contribution in [-0.4, -0.2) is 51.1 Å². The molecule has 0 aliphatic carbocycles. The van der Waals surface area contributed by atoms with E-state index in [9.17, 15) is 9.59 Å². The number of para-hydroxylation sites is 1. The Labute approximate surface area is 113 Å². The van der Waals surface area contributed by atoms with Gasteiger partial charge in [-0.1, -0.05) is 18.2 Å². The number of benzene rings is 1. The first-order valence-corrected chi connectivity index (χ1v) is 6.11. The molecule has 1 aromatic carbocycles. The van der Waals surface area contributed by atoms with Crippen molar-refractivity contribution >= 4 is 17.6 Å². The highest BCUT2D eigenvalue weighted by Crippen LogP contribution is 2.11. The molecule has 1 aromatic rings. The van der Waals surface area contributed by atoms with E-state index >= 15 is 0 Å². The second-order valence-corrected chi connectivity index (χ2v) is 4.35. The molecular weight excluding hydrogens is 244 g/mol. The van der Waals surface area contributed by atoms with Crippen LogP contribution < -0.4 is 4.90 Å². The van der Waals surface area contributed by atoms with Gasteiger partial charge in [-0.2, -0.15) is 0 Å². The molecular formula is C14H20N2O3. The highest BCUT2D eigenvalue weighted by atomic mass is 16.5. The predicted octanol–water partition coefficient (Wildman–Crippen LogP) is 1.14. The van der Waals surface area contributed by atoms with Crippen molar-refractivity contribution in [2.75, 3.05) is 39.2 Å². The molecule has 0 radical (unpaired) electrons. The molecule has 0 heterocycles. The lowest BCUT2D eigenvalue weighted by Gasteiger charge is -2.21. The van der Waals surface area contributed by atoms with Crippen molar-refractivity contribution in [3.63, 3.8) is 0 Å². The lowest BCUT2D eigenvalue weighted by atomic mass is 10.3. The van der Waals surface area contributed by atoms with Crippen molar-refractivity contribution in [2.45, 2.75) is 6.42 Å². The number of hydrogen-bond acceptors (Lipinski definition) is 4. The van der Waals surface area contributed by atoms with Crippen LogP contribution in [0, 0.1) is 0 Å². The molecule has 0 aliphatic heterocycles. The number of esters is 1. The maximum atomic E-state index is 12.0. The number of carbonyl (C=O) groups excluding carboxylic acids is 2. The van der Waals surface area contributed by atoms with E-state index in [1.807, 2.05) is 30.3 Å². The number of hydrogen-bond donors (Lipinski definition) is 0. The minimum absolute atomic E-state index is 0.0152. The summed E-state index contributed by atoms with van der Waals surface area (Å²) in [6, 6.07) is 9.45. The number of likely N-dealkylation sites (N-methyl/N-ethyl adjacent to an activating group) is 2. The van der Waals surface area contributed by atoms with Gasteiger partial charge in [0.1, 0.15) is 0 Å². The van der Waals surface area contributed by atoms with Crippen LogP contribution in [-0.2, 0) is 14.3 Å². The molecule has 0 aliphatic rings. The van der Waals surface area contributed by atoms with Gasteiger partial charge in [0, 0.05) is 19.3 Å². The van der Waals surface area contributed by atoms with Gasteiger partial charge in [0.25, 0.3) is 0 Å². The summed E-state index contributed by atoms with van der Waals surface area (Å²) in [5, 5.41) is 0. The van der Waals surface area contributed by atoms with Gasteiger partial charge in [0.2, 0.25) is 5.91 Å². The molecule has 5 heteroatoms. The largest absolute Gasteiger partial charge is 0.469 e. The van der Waals surface area contributed by atoms with Crippen LogP contribution in [0.2, 0.25) is 0 Å². The quantitative estimate of drug-likeness (QED) is 0.723. The average Bonchev–Trinajstić information content (AvgIpc) is 2.44. The van der Waals surface area contributed by atoms with E-state index in [0.717, 1.165) is 5.69 Å². The van der Waals surface area contributed by atoms with Gasteiger partial charge in [-0.3, -0.25) is 14.5 Å². The Morgan fingerprint density at radius 2 is 1.79 bits per heavy atom. The summed E-state index contributed by atoms with van der Waals surface area (Å²) in [6.07, 6.45) is 0.287. The molecule has 0 atom stereocenters. The zero-order valence-electron chi connectivity index (χ0n) is 11.6. The summed E-state index contributed by atoms with van der Waals surface area (Å²) in [4.78, 5) is 26.5. The van der Waals surface area contributed by atoms with E-state index in [1.165, 1.54) is 7.11 Å². The van der Waals surface area contributed by atoms with E-state index in [2.05, 4.69) is 4.74 Å². The van der Waals surface area contributed by atoms with Crippen molar-refractivity contribution in [1.82, 2.24) is 4.90 Å². The first-order valence-electron chi connectivity index (χ1n) is 6.11. The number of ether oxygens (including phenoxy) is 1. The molecule has 0 spiro atoms. The highest BCUT2D eigenvalue weighted by Gasteiger charge is 2.13. The van der Waals surface area contributed by atoms with Crippen LogP contribution in [0.15, 0.2) is 30.3 Å². The van der Waals surface area contributed by atoms with Gasteiger partial charge in [0.15, 0.2) is 0 Å². The van der Waals surface area contributed by atoms with Crippen LogP contribution in [0.4, 0.5) is 5.69 Å². The molecule has 0 saturated carbocycles.